The standard InChI is InChI=1S/C30H17N3O2S/c1-2-7-23-20(6-1)21-12-10-19(17-24(21)33(23)27-9-3-4-14-31-27)34-18-11-13-26-22(16-18)28-29-25(8-5-15-32-29)35-30(28)36-26/h1-17H. The molecule has 0 bridgehead atoms. The van der Waals surface area contributed by atoms with Gasteiger partial charge in [0.1, 0.15) is 22.8 Å². The Hall–Kier alpha value is -4.68. The molecule has 3 aromatic carbocycles. The van der Waals surface area contributed by atoms with Crippen LogP contribution in [0, 0.1) is 0 Å². The molecule has 0 saturated carbocycles. The van der Waals surface area contributed by atoms with Gasteiger partial charge >= 0.3 is 0 Å². The molecule has 6 heteroatoms. The number of furan rings is 1. The number of para-hydroxylation sites is 1. The number of hydrogen-bond acceptors (Lipinski definition) is 5. The molecule has 8 aromatic rings. The summed E-state index contributed by atoms with van der Waals surface area (Å²) in [5.41, 5.74) is 3.86. The summed E-state index contributed by atoms with van der Waals surface area (Å²) in [6.07, 6.45) is 3.62. The lowest BCUT2D eigenvalue weighted by Gasteiger charge is -2.09. The number of nitrogens with zero attached hydrogens (tertiary/aromatic N) is 3. The molecule has 0 aliphatic rings. The van der Waals surface area contributed by atoms with Crippen molar-refractivity contribution in [1.29, 1.82) is 0 Å². The Morgan fingerprint density at radius 2 is 1.53 bits per heavy atom. The molecule has 0 unspecified atom stereocenters. The third-order valence-electron chi connectivity index (χ3n) is 6.60. The minimum Gasteiger partial charge on any atom is -0.457 e. The van der Waals surface area contributed by atoms with Gasteiger partial charge in [0.25, 0.3) is 0 Å². The first-order chi connectivity index (χ1) is 17.8. The van der Waals surface area contributed by atoms with Gasteiger partial charge in [-0.2, -0.15) is 0 Å². The average molecular weight is 484 g/mol. The molecule has 0 amide bonds. The highest BCUT2D eigenvalue weighted by atomic mass is 32.1. The maximum atomic E-state index is 6.41. The van der Waals surface area contributed by atoms with Gasteiger partial charge in [0.15, 0.2) is 10.5 Å². The van der Waals surface area contributed by atoms with E-state index in [4.69, 9.17) is 9.15 Å². The Labute approximate surface area is 208 Å². The lowest BCUT2D eigenvalue weighted by Crippen LogP contribution is -1.96. The first-order valence-corrected chi connectivity index (χ1v) is 12.5. The van der Waals surface area contributed by atoms with Gasteiger partial charge in [0, 0.05) is 39.3 Å². The van der Waals surface area contributed by atoms with Crippen LogP contribution in [0.3, 0.4) is 0 Å². The van der Waals surface area contributed by atoms with Crippen molar-refractivity contribution in [3.8, 4) is 17.3 Å². The lowest BCUT2D eigenvalue weighted by atomic mass is 10.1. The monoisotopic (exact) mass is 483 g/mol. The summed E-state index contributed by atoms with van der Waals surface area (Å²) >= 11 is 1.63. The number of aromatic nitrogens is 3. The van der Waals surface area contributed by atoms with E-state index < -0.39 is 0 Å². The van der Waals surface area contributed by atoms with E-state index in [9.17, 15) is 0 Å². The fourth-order valence-corrected chi connectivity index (χ4v) is 6.10. The van der Waals surface area contributed by atoms with Crippen LogP contribution in [0.5, 0.6) is 11.5 Å². The van der Waals surface area contributed by atoms with Gasteiger partial charge in [0.05, 0.1) is 16.4 Å². The third kappa shape index (κ3) is 2.82. The predicted molar refractivity (Wildman–Crippen MR) is 146 cm³/mol. The average Bonchev–Trinajstić information content (AvgIpc) is 3.56. The van der Waals surface area contributed by atoms with Crippen LogP contribution < -0.4 is 4.74 Å². The highest BCUT2D eigenvalue weighted by Gasteiger charge is 2.17. The quantitative estimate of drug-likeness (QED) is 0.253. The molecule has 170 valence electrons. The van der Waals surface area contributed by atoms with Gasteiger partial charge in [-0.05, 0) is 60.7 Å². The van der Waals surface area contributed by atoms with E-state index in [2.05, 4.69) is 63.1 Å². The molecule has 0 radical (unpaired) electrons. The van der Waals surface area contributed by atoms with Gasteiger partial charge in [-0.15, -0.1) is 0 Å². The van der Waals surface area contributed by atoms with Crippen LogP contribution in [-0.4, -0.2) is 14.5 Å². The van der Waals surface area contributed by atoms with Crippen molar-refractivity contribution in [2.75, 3.05) is 0 Å². The Bertz CT molecular complexity index is 2090. The fourth-order valence-electron chi connectivity index (χ4n) is 5.06. The van der Waals surface area contributed by atoms with Crippen molar-refractivity contribution in [1.82, 2.24) is 14.5 Å². The van der Waals surface area contributed by atoms with E-state index in [1.54, 1.807) is 17.5 Å². The Balaban J connectivity index is 1.29. The molecular formula is C30H17N3O2S. The first-order valence-electron chi connectivity index (χ1n) is 11.7. The minimum absolute atomic E-state index is 0.767. The van der Waals surface area contributed by atoms with Crippen LogP contribution >= 0.6 is 11.3 Å². The SMILES string of the molecule is c1ccc(-n2c3ccccc3c3ccc(Oc4ccc5sc6oc7cccnc7c6c5c4)cc32)nc1. The van der Waals surface area contributed by atoms with E-state index >= 15 is 0 Å². The van der Waals surface area contributed by atoms with E-state index in [0.717, 1.165) is 65.2 Å². The van der Waals surface area contributed by atoms with Gasteiger partial charge in [-0.3, -0.25) is 9.55 Å². The number of hydrogen-bond donors (Lipinski definition) is 0. The van der Waals surface area contributed by atoms with Crippen LogP contribution in [0.4, 0.5) is 0 Å². The van der Waals surface area contributed by atoms with Crippen LogP contribution in [0.15, 0.2) is 108 Å². The van der Waals surface area contributed by atoms with Gasteiger partial charge in [-0.25, -0.2) is 4.98 Å². The maximum Gasteiger partial charge on any atom is 0.191 e. The number of rotatable bonds is 3. The molecule has 0 saturated heterocycles. The molecule has 36 heavy (non-hydrogen) atoms. The van der Waals surface area contributed by atoms with E-state index in [1.165, 1.54) is 5.39 Å². The molecule has 5 aromatic heterocycles. The van der Waals surface area contributed by atoms with E-state index in [0.29, 0.717) is 0 Å². The Kier molecular flexibility index (Phi) is 4.03. The minimum atomic E-state index is 0.767. The normalized spacial score (nSPS) is 11.9. The number of ether oxygens (including phenoxy) is 1. The van der Waals surface area contributed by atoms with Crippen molar-refractivity contribution in [3.05, 3.63) is 103 Å². The maximum absolute atomic E-state index is 6.41. The number of benzene rings is 3. The van der Waals surface area contributed by atoms with Crippen LogP contribution in [0.1, 0.15) is 0 Å². The molecule has 0 fully saturated rings. The number of fused-ring (bicyclic) bond motifs is 8. The van der Waals surface area contributed by atoms with Gasteiger partial charge in [0.2, 0.25) is 0 Å². The smallest absolute Gasteiger partial charge is 0.191 e. The van der Waals surface area contributed by atoms with Crippen LogP contribution in [0.25, 0.3) is 59.1 Å². The van der Waals surface area contributed by atoms with Gasteiger partial charge < -0.3 is 9.15 Å². The predicted octanol–water partition coefficient (Wildman–Crippen LogP) is 8.48. The molecule has 0 spiro atoms. The highest BCUT2D eigenvalue weighted by Crippen LogP contribution is 2.42. The third-order valence-corrected chi connectivity index (χ3v) is 7.65. The lowest BCUT2D eigenvalue weighted by molar-refractivity contribution is 0.484. The summed E-state index contributed by atoms with van der Waals surface area (Å²) in [7, 11) is 0. The summed E-state index contributed by atoms with van der Waals surface area (Å²) in [6, 6.07) is 30.6. The van der Waals surface area contributed by atoms with Crippen molar-refractivity contribution >= 4 is 64.6 Å². The summed E-state index contributed by atoms with van der Waals surface area (Å²) in [5.74, 6) is 2.41. The van der Waals surface area contributed by atoms with Crippen molar-refractivity contribution in [3.63, 3.8) is 0 Å². The molecule has 0 aliphatic heterocycles. The summed E-state index contributed by atoms with van der Waals surface area (Å²) in [6.45, 7) is 0. The van der Waals surface area contributed by atoms with Crippen LogP contribution in [0.2, 0.25) is 0 Å². The van der Waals surface area contributed by atoms with Crippen molar-refractivity contribution in [2.45, 2.75) is 0 Å². The molecule has 0 N–H and O–H groups in total. The molecule has 8 rings (SSSR count). The molecule has 0 atom stereocenters. The van der Waals surface area contributed by atoms with Crippen molar-refractivity contribution in [2.24, 2.45) is 0 Å². The molecule has 0 aliphatic carbocycles. The molecule has 5 heterocycles. The van der Waals surface area contributed by atoms with E-state index in [-0.39, 0.29) is 0 Å². The molecule has 5 nitrogen and oxygen atoms in total. The van der Waals surface area contributed by atoms with Crippen molar-refractivity contribution < 1.29 is 9.15 Å². The second-order valence-corrected chi connectivity index (χ2v) is 9.71. The Morgan fingerprint density at radius 1 is 0.694 bits per heavy atom. The van der Waals surface area contributed by atoms with Gasteiger partial charge in [-0.1, -0.05) is 35.6 Å². The molecular weight excluding hydrogens is 466 g/mol. The van der Waals surface area contributed by atoms with Crippen LogP contribution in [-0.2, 0) is 0 Å². The zero-order chi connectivity index (χ0) is 23.6. The highest BCUT2D eigenvalue weighted by molar-refractivity contribution is 7.25. The zero-order valence-electron chi connectivity index (χ0n) is 18.9. The summed E-state index contributed by atoms with van der Waals surface area (Å²) in [4.78, 5) is 10.1. The number of pyridine rings is 2. The summed E-state index contributed by atoms with van der Waals surface area (Å²) < 4.78 is 15.8. The first kappa shape index (κ1) is 19.6. The fraction of sp³-hybridized carbons (Fsp3) is 0. The number of thiophene rings is 1. The van der Waals surface area contributed by atoms with E-state index in [1.807, 2.05) is 48.7 Å². The Morgan fingerprint density at radius 3 is 2.47 bits per heavy atom. The second kappa shape index (κ2) is 7.41. The largest absolute Gasteiger partial charge is 0.457 e. The zero-order valence-corrected chi connectivity index (χ0v) is 19.7. The second-order valence-electron chi connectivity index (χ2n) is 8.70. The topological polar surface area (TPSA) is 53.1 Å². The summed E-state index contributed by atoms with van der Waals surface area (Å²) in [5, 5.41) is 4.48.